The summed E-state index contributed by atoms with van der Waals surface area (Å²) in [4.78, 5) is 17.4. The number of benzene rings is 1. The van der Waals surface area contributed by atoms with Crippen LogP contribution < -0.4 is 0 Å². The van der Waals surface area contributed by atoms with Gasteiger partial charge in [0, 0.05) is 19.8 Å². The number of rotatable bonds is 6. The second-order valence-electron chi connectivity index (χ2n) is 5.21. The summed E-state index contributed by atoms with van der Waals surface area (Å²) in [5.74, 6) is -0.284. The second kappa shape index (κ2) is 8.02. The Balaban J connectivity index is 1.93. The number of aromatic nitrogens is 1. The van der Waals surface area contributed by atoms with Crippen LogP contribution in [-0.4, -0.2) is 29.4 Å². The van der Waals surface area contributed by atoms with E-state index in [-0.39, 0.29) is 16.5 Å². The van der Waals surface area contributed by atoms with Crippen molar-refractivity contribution in [2.45, 2.75) is 19.3 Å². The lowest BCUT2D eigenvalue weighted by Crippen LogP contribution is -2.28. The first-order chi connectivity index (χ1) is 11.0. The predicted octanol–water partition coefficient (Wildman–Crippen LogP) is 4.38. The van der Waals surface area contributed by atoms with Crippen LogP contribution in [0.5, 0.6) is 0 Å². The van der Waals surface area contributed by atoms with Crippen molar-refractivity contribution in [3.63, 3.8) is 0 Å². The van der Waals surface area contributed by atoms with Crippen LogP contribution in [0.3, 0.4) is 0 Å². The third-order valence-electron chi connectivity index (χ3n) is 3.47. The van der Waals surface area contributed by atoms with Gasteiger partial charge in [-0.1, -0.05) is 41.9 Å². The Morgan fingerprint density at radius 2 is 2.00 bits per heavy atom. The van der Waals surface area contributed by atoms with Gasteiger partial charge in [-0.15, -0.1) is 0 Å². The number of aryl methyl sites for hydroxylation is 1. The van der Waals surface area contributed by atoms with Crippen LogP contribution in [0.25, 0.3) is 0 Å². The van der Waals surface area contributed by atoms with E-state index in [2.05, 4.69) is 4.98 Å². The molecule has 3 nitrogen and oxygen atoms in total. The van der Waals surface area contributed by atoms with Crippen molar-refractivity contribution in [1.82, 2.24) is 9.88 Å². The average Bonchev–Trinajstić information content (AvgIpc) is 2.54. The zero-order valence-corrected chi connectivity index (χ0v) is 13.4. The zero-order chi connectivity index (χ0) is 16.8. The minimum absolute atomic E-state index is 0.191. The molecule has 0 radical (unpaired) electrons. The van der Waals surface area contributed by atoms with Gasteiger partial charge in [-0.05, 0) is 24.5 Å². The minimum Gasteiger partial charge on any atom is -0.342 e. The average molecular weight is 339 g/mol. The van der Waals surface area contributed by atoms with Crippen molar-refractivity contribution in [2.75, 3.05) is 13.6 Å². The van der Waals surface area contributed by atoms with E-state index in [1.165, 1.54) is 11.6 Å². The number of carbonyl (C=O) groups is 1. The molecule has 0 unspecified atom stereocenters. The third kappa shape index (κ3) is 4.73. The van der Waals surface area contributed by atoms with Crippen molar-refractivity contribution in [3.8, 4) is 0 Å². The molecule has 1 aromatic heterocycles. The highest BCUT2D eigenvalue weighted by atomic mass is 35.5. The molecule has 122 valence electrons. The maximum atomic E-state index is 12.6. The fraction of sp³-hybridized carbons (Fsp3) is 0.294. The molecular weight excluding hydrogens is 322 g/mol. The number of alkyl halides is 2. The summed E-state index contributed by atoms with van der Waals surface area (Å²) in [6.45, 7) is 0.557. The molecule has 0 aliphatic heterocycles. The molecule has 0 aliphatic rings. The van der Waals surface area contributed by atoms with Crippen molar-refractivity contribution < 1.29 is 13.6 Å². The number of halogens is 3. The van der Waals surface area contributed by atoms with Crippen LogP contribution in [0.2, 0.25) is 5.02 Å². The number of amides is 1. The van der Waals surface area contributed by atoms with Crippen molar-refractivity contribution in [2.24, 2.45) is 0 Å². The molecule has 0 atom stereocenters. The summed E-state index contributed by atoms with van der Waals surface area (Å²) in [5.41, 5.74) is 0.913. The molecule has 1 amide bonds. The van der Waals surface area contributed by atoms with E-state index in [1.54, 1.807) is 11.9 Å². The summed E-state index contributed by atoms with van der Waals surface area (Å²) in [6.07, 6.45) is 0.0588. The Kier molecular flexibility index (Phi) is 6.04. The van der Waals surface area contributed by atoms with E-state index in [0.717, 1.165) is 19.0 Å². The molecule has 0 N–H and O–H groups in total. The largest absolute Gasteiger partial charge is 0.342 e. The van der Waals surface area contributed by atoms with E-state index in [4.69, 9.17) is 11.6 Å². The Hall–Kier alpha value is -2.01. The first kappa shape index (κ1) is 17.3. The van der Waals surface area contributed by atoms with Gasteiger partial charge in [-0.25, -0.2) is 8.78 Å². The SMILES string of the molecule is CN(CCCc1ccccc1)C(=O)c1cnc(C(F)F)c(Cl)c1. The van der Waals surface area contributed by atoms with Gasteiger partial charge in [0.05, 0.1) is 10.6 Å². The van der Waals surface area contributed by atoms with Crippen LogP contribution in [0.15, 0.2) is 42.6 Å². The molecule has 0 saturated carbocycles. The highest BCUT2D eigenvalue weighted by molar-refractivity contribution is 6.31. The lowest BCUT2D eigenvalue weighted by molar-refractivity contribution is 0.0792. The molecule has 1 aromatic carbocycles. The summed E-state index contributed by atoms with van der Waals surface area (Å²) >= 11 is 5.74. The summed E-state index contributed by atoms with van der Waals surface area (Å²) < 4.78 is 25.2. The molecule has 23 heavy (non-hydrogen) atoms. The van der Waals surface area contributed by atoms with Gasteiger partial charge in [-0.3, -0.25) is 9.78 Å². The molecular formula is C17H17ClF2N2O. The molecule has 6 heteroatoms. The highest BCUT2D eigenvalue weighted by Crippen LogP contribution is 2.25. The van der Waals surface area contributed by atoms with E-state index < -0.39 is 12.1 Å². The first-order valence-corrected chi connectivity index (χ1v) is 7.60. The Morgan fingerprint density at radius 1 is 1.30 bits per heavy atom. The van der Waals surface area contributed by atoms with Gasteiger partial charge in [-0.2, -0.15) is 0 Å². The normalized spacial score (nSPS) is 10.8. The highest BCUT2D eigenvalue weighted by Gasteiger charge is 2.18. The van der Waals surface area contributed by atoms with Crippen LogP contribution in [-0.2, 0) is 6.42 Å². The van der Waals surface area contributed by atoms with E-state index >= 15 is 0 Å². The quantitative estimate of drug-likeness (QED) is 0.783. The first-order valence-electron chi connectivity index (χ1n) is 7.22. The Bertz CT molecular complexity index is 665. The topological polar surface area (TPSA) is 33.2 Å². The third-order valence-corrected chi connectivity index (χ3v) is 3.77. The fourth-order valence-electron chi connectivity index (χ4n) is 2.21. The molecule has 0 aliphatic carbocycles. The smallest absolute Gasteiger partial charge is 0.281 e. The molecule has 0 spiro atoms. The number of pyridine rings is 1. The van der Waals surface area contributed by atoms with Crippen molar-refractivity contribution in [1.29, 1.82) is 0 Å². The monoisotopic (exact) mass is 338 g/mol. The summed E-state index contributed by atoms with van der Waals surface area (Å²) in [5, 5.41) is -0.191. The lowest BCUT2D eigenvalue weighted by Gasteiger charge is -2.17. The van der Waals surface area contributed by atoms with Crippen molar-refractivity contribution >= 4 is 17.5 Å². The van der Waals surface area contributed by atoms with E-state index in [9.17, 15) is 13.6 Å². The number of hydrogen-bond donors (Lipinski definition) is 0. The van der Waals surface area contributed by atoms with Gasteiger partial charge >= 0.3 is 0 Å². The van der Waals surface area contributed by atoms with Gasteiger partial charge in [0.15, 0.2) is 0 Å². The summed E-state index contributed by atoms with van der Waals surface area (Å²) in [6, 6.07) is 11.2. The van der Waals surface area contributed by atoms with Crippen LogP contribution in [0.4, 0.5) is 8.78 Å². The predicted molar refractivity (Wildman–Crippen MR) is 85.9 cm³/mol. The van der Waals surface area contributed by atoms with E-state index in [0.29, 0.717) is 6.54 Å². The van der Waals surface area contributed by atoms with Gasteiger partial charge in [0.25, 0.3) is 12.3 Å². The molecule has 1 heterocycles. The molecule has 0 fully saturated rings. The molecule has 2 rings (SSSR count). The van der Waals surface area contributed by atoms with Gasteiger partial charge in [0.1, 0.15) is 5.69 Å². The van der Waals surface area contributed by atoms with Crippen LogP contribution in [0.1, 0.15) is 34.5 Å². The fourth-order valence-corrected chi connectivity index (χ4v) is 2.46. The van der Waals surface area contributed by atoms with Crippen LogP contribution >= 0.6 is 11.6 Å². The molecule has 0 bridgehead atoms. The maximum Gasteiger partial charge on any atom is 0.281 e. The van der Waals surface area contributed by atoms with Gasteiger partial charge in [0.2, 0.25) is 0 Å². The second-order valence-corrected chi connectivity index (χ2v) is 5.61. The number of hydrogen-bond acceptors (Lipinski definition) is 2. The maximum absolute atomic E-state index is 12.6. The Labute approximate surface area is 138 Å². The molecule has 2 aromatic rings. The molecule has 0 saturated heterocycles. The lowest BCUT2D eigenvalue weighted by atomic mass is 10.1. The standard InChI is InChI=1S/C17H17ClF2N2O/c1-22(9-5-8-12-6-3-2-4-7-12)17(23)13-10-14(18)15(16(19)20)21-11-13/h2-4,6-7,10-11,16H,5,8-9H2,1H3. The number of nitrogens with zero attached hydrogens (tertiary/aromatic N) is 2. The summed E-state index contributed by atoms with van der Waals surface area (Å²) in [7, 11) is 1.67. The van der Waals surface area contributed by atoms with E-state index in [1.807, 2.05) is 30.3 Å². The van der Waals surface area contributed by atoms with Crippen LogP contribution in [0, 0.1) is 0 Å². The Morgan fingerprint density at radius 3 is 2.61 bits per heavy atom. The number of carbonyl (C=O) groups excluding carboxylic acids is 1. The minimum atomic E-state index is -2.75. The zero-order valence-electron chi connectivity index (χ0n) is 12.7. The van der Waals surface area contributed by atoms with Gasteiger partial charge < -0.3 is 4.90 Å². The van der Waals surface area contributed by atoms with Crippen molar-refractivity contribution in [3.05, 3.63) is 64.4 Å².